The number of hydrogen-bond donors (Lipinski definition) is 0. The third-order valence-corrected chi connectivity index (χ3v) is 10.5. The molecule has 0 N–H and O–H groups in total. The standard InChI is InChI=1S/C45H36N4O/c1-25-20-26(2)40(27(3)21-25)37-24-48-38-13-8-7-10-31(38)30-16-14-28(22-35(30)43(48)47-37)50-29-15-17-32-33-11-9-12-34-41-36(45(4,5)6)18-19-46-44(41)49(42(33)34)39(32)23-29/h7-24H,1-6H3. The van der Waals surface area contributed by atoms with Crippen LogP contribution in [0.4, 0.5) is 0 Å². The quantitative estimate of drug-likeness (QED) is 0.179. The Hall–Kier alpha value is -5.94. The lowest BCUT2D eigenvalue weighted by atomic mass is 9.85. The highest BCUT2D eigenvalue weighted by molar-refractivity contribution is 6.23. The Bertz CT molecular complexity index is 3000. The Morgan fingerprint density at radius 3 is 2.12 bits per heavy atom. The molecule has 0 aliphatic carbocycles. The van der Waals surface area contributed by atoms with Crippen LogP contribution in [0, 0.1) is 20.8 Å². The molecule has 0 bridgehead atoms. The van der Waals surface area contributed by atoms with E-state index in [4.69, 9.17) is 14.7 Å². The molecule has 5 heteroatoms. The summed E-state index contributed by atoms with van der Waals surface area (Å²) in [7, 11) is 0. The first-order valence-corrected chi connectivity index (χ1v) is 17.3. The van der Waals surface area contributed by atoms with E-state index in [-0.39, 0.29) is 5.41 Å². The highest BCUT2D eigenvalue weighted by atomic mass is 16.5. The second-order valence-electron chi connectivity index (χ2n) is 14.9. The molecule has 5 heterocycles. The monoisotopic (exact) mass is 648 g/mol. The zero-order valence-electron chi connectivity index (χ0n) is 29.1. The number of aromatic nitrogens is 4. The van der Waals surface area contributed by atoms with Crippen molar-refractivity contribution in [1.82, 2.24) is 18.8 Å². The van der Waals surface area contributed by atoms with Gasteiger partial charge >= 0.3 is 0 Å². The number of benzene rings is 5. The van der Waals surface area contributed by atoms with Crippen LogP contribution in [0.15, 0.2) is 109 Å². The summed E-state index contributed by atoms with van der Waals surface area (Å²) in [6, 6.07) is 34.7. The van der Waals surface area contributed by atoms with E-state index in [0.29, 0.717) is 0 Å². The zero-order chi connectivity index (χ0) is 34.1. The molecule has 5 nitrogen and oxygen atoms in total. The minimum Gasteiger partial charge on any atom is -0.457 e. The molecule has 0 unspecified atom stereocenters. The van der Waals surface area contributed by atoms with Gasteiger partial charge in [-0.3, -0.25) is 8.80 Å². The Balaban J connectivity index is 1.16. The van der Waals surface area contributed by atoms with Gasteiger partial charge in [0.1, 0.15) is 22.8 Å². The molecule has 242 valence electrons. The molecule has 0 saturated carbocycles. The summed E-state index contributed by atoms with van der Waals surface area (Å²) in [5.74, 6) is 1.55. The first-order chi connectivity index (χ1) is 24.2. The second kappa shape index (κ2) is 10.1. The predicted molar refractivity (Wildman–Crippen MR) is 208 cm³/mol. The van der Waals surface area contributed by atoms with Gasteiger partial charge in [0.25, 0.3) is 0 Å². The number of ether oxygens (including phenoxy) is 1. The number of pyridine rings is 2. The van der Waals surface area contributed by atoms with Crippen LogP contribution in [0.2, 0.25) is 0 Å². The van der Waals surface area contributed by atoms with Crippen LogP contribution in [-0.2, 0) is 5.41 Å². The van der Waals surface area contributed by atoms with Crippen LogP contribution in [0.25, 0.3) is 76.8 Å². The minimum absolute atomic E-state index is 0.0104. The molecule has 0 atom stereocenters. The zero-order valence-corrected chi connectivity index (χ0v) is 29.1. The van der Waals surface area contributed by atoms with Gasteiger partial charge in [-0.1, -0.05) is 74.9 Å². The van der Waals surface area contributed by atoms with Gasteiger partial charge in [0.2, 0.25) is 0 Å². The maximum atomic E-state index is 6.71. The van der Waals surface area contributed by atoms with Gasteiger partial charge in [-0.15, -0.1) is 0 Å². The van der Waals surface area contributed by atoms with Crippen LogP contribution in [0.1, 0.15) is 43.0 Å². The maximum Gasteiger partial charge on any atom is 0.146 e. The Kier molecular flexibility index (Phi) is 5.83. The fourth-order valence-corrected chi connectivity index (χ4v) is 8.56. The first-order valence-electron chi connectivity index (χ1n) is 17.3. The summed E-state index contributed by atoms with van der Waals surface area (Å²) in [5, 5.41) is 8.30. The topological polar surface area (TPSA) is 43.8 Å². The van der Waals surface area contributed by atoms with Gasteiger partial charge in [0.15, 0.2) is 0 Å². The van der Waals surface area contributed by atoms with Crippen molar-refractivity contribution in [2.45, 2.75) is 47.0 Å². The van der Waals surface area contributed by atoms with E-state index in [0.717, 1.165) is 50.3 Å². The number of rotatable bonds is 3. The molecule has 10 aromatic rings. The summed E-state index contributed by atoms with van der Waals surface area (Å²) in [5.41, 5.74) is 12.6. The largest absolute Gasteiger partial charge is 0.457 e. The lowest BCUT2D eigenvalue weighted by Gasteiger charge is -2.20. The van der Waals surface area contributed by atoms with Crippen LogP contribution >= 0.6 is 0 Å². The number of nitrogens with zero attached hydrogens (tertiary/aromatic N) is 4. The van der Waals surface area contributed by atoms with Crippen LogP contribution in [0.5, 0.6) is 11.5 Å². The maximum absolute atomic E-state index is 6.71. The van der Waals surface area contributed by atoms with Crippen LogP contribution < -0.4 is 4.74 Å². The van der Waals surface area contributed by atoms with E-state index < -0.39 is 0 Å². The number of para-hydroxylation sites is 2. The second-order valence-corrected chi connectivity index (χ2v) is 14.9. The molecule has 0 amide bonds. The van der Waals surface area contributed by atoms with Crippen molar-refractivity contribution in [2.75, 3.05) is 0 Å². The summed E-state index contributed by atoms with van der Waals surface area (Å²) in [4.78, 5) is 10.2. The third kappa shape index (κ3) is 4.01. The molecule has 0 fully saturated rings. The van der Waals surface area contributed by atoms with E-state index in [1.807, 2.05) is 6.20 Å². The molecule has 0 aliphatic rings. The average Bonchev–Trinajstić information content (AvgIpc) is 3.77. The Morgan fingerprint density at radius 2 is 1.32 bits per heavy atom. The number of aryl methyl sites for hydroxylation is 3. The fraction of sp³-hybridized carbons (Fsp3) is 0.156. The molecule has 50 heavy (non-hydrogen) atoms. The first kappa shape index (κ1) is 29.0. The van der Waals surface area contributed by atoms with Gasteiger partial charge in [-0.25, -0.2) is 9.97 Å². The summed E-state index contributed by atoms with van der Waals surface area (Å²) < 4.78 is 11.3. The number of hydrogen-bond acceptors (Lipinski definition) is 3. The van der Waals surface area contributed by atoms with E-state index in [1.54, 1.807) is 0 Å². The summed E-state index contributed by atoms with van der Waals surface area (Å²) >= 11 is 0. The van der Waals surface area contributed by atoms with Crippen molar-refractivity contribution < 1.29 is 4.74 Å². The molecular weight excluding hydrogens is 613 g/mol. The van der Waals surface area contributed by atoms with Gasteiger partial charge in [0, 0.05) is 56.3 Å². The molecule has 0 radical (unpaired) electrons. The number of imidazole rings is 1. The Labute approximate surface area is 289 Å². The van der Waals surface area contributed by atoms with E-state index in [1.165, 1.54) is 60.3 Å². The molecular formula is C45H36N4O. The highest BCUT2D eigenvalue weighted by Gasteiger charge is 2.25. The predicted octanol–water partition coefficient (Wildman–Crippen LogP) is 11.9. The summed E-state index contributed by atoms with van der Waals surface area (Å²) in [6.07, 6.45) is 4.14. The number of fused-ring (bicyclic) bond motifs is 12. The normalized spacial score (nSPS) is 12.6. The van der Waals surface area contributed by atoms with E-state index >= 15 is 0 Å². The molecule has 5 aromatic heterocycles. The van der Waals surface area contributed by atoms with Gasteiger partial charge in [-0.05, 0) is 90.7 Å². The minimum atomic E-state index is -0.0104. The SMILES string of the molecule is Cc1cc(C)c(-c2cn3c4ccccc4c4ccc(Oc5ccc6c7cccc8c9c(C(C)(C)C)ccnc9n(c6c5)c78)cc4c3n2)c(C)c1. The van der Waals surface area contributed by atoms with Crippen molar-refractivity contribution in [1.29, 1.82) is 0 Å². The van der Waals surface area contributed by atoms with Crippen molar-refractivity contribution in [2.24, 2.45) is 0 Å². The molecule has 0 aliphatic heterocycles. The smallest absolute Gasteiger partial charge is 0.146 e. The van der Waals surface area contributed by atoms with Crippen molar-refractivity contribution in [3.63, 3.8) is 0 Å². The molecule has 0 spiro atoms. The summed E-state index contributed by atoms with van der Waals surface area (Å²) in [6.45, 7) is 13.3. The van der Waals surface area contributed by atoms with Crippen molar-refractivity contribution in [3.05, 3.63) is 132 Å². The third-order valence-electron chi connectivity index (χ3n) is 10.5. The van der Waals surface area contributed by atoms with Crippen molar-refractivity contribution in [3.8, 4) is 22.8 Å². The lowest BCUT2D eigenvalue weighted by Crippen LogP contribution is -2.11. The van der Waals surface area contributed by atoms with Crippen molar-refractivity contribution >= 4 is 65.5 Å². The highest BCUT2D eigenvalue weighted by Crippen LogP contribution is 2.43. The van der Waals surface area contributed by atoms with E-state index in [2.05, 4.69) is 154 Å². The molecule has 0 saturated heterocycles. The van der Waals surface area contributed by atoms with Crippen LogP contribution in [-0.4, -0.2) is 18.8 Å². The molecule has 5 aromatic carbocycles. The molecule has 10 rings (SSSR count). The lowest BCUT2D eigenvalue weighted by molar-refractivity contribution is 0.484. The van der Waals surface area contributed by atoms with Crippen LogP contribution in [0.3, 0.4) is 0 Å². The average molecular weight is 649 g/mol. The fourth-order valence-electron chi connectivity index (χ4n) is 8.56. The van der Waals surface area contributed by atoms with E-state index in [9.17, 15) is 0 Å². The van der Waals surface area contributed by atoms with Gasteiger partial charge < -0.3 is 4.74 Å². The Morgan fingerprint density at radius 1 is 0.620 bits per heavy atom. The van der Waals surface area contributed by atoms with Gasteiger partial charge in [-0.2, -0.15) is 0 Å². The van der Waals surface area contributed by atoms with Gasteiger partial charge in [0.05, 0.1) is 22.2 Å².